The first-order chi connectivity index (χ1) is 9.33. The van der Waals surface area contributed by atoms with Gasteiger partial charge in [-0.05, 0) is 43.0 Å². The molecule has 0 aliphatic carbocycles. The number of alkyl halides is 3. The van der Waals surface area contributed by atoms with Gasteiger partial charge in [-0.15, -0.1) is 10.2 Å². The van der Waals surface area contributed by atoms with E-state index in [1.807, 2.05) is 6.92 Å². The highest BCUT2D eigenvalue weighted by Crippen LogP contribution is 2.37. The van der Waals surface area contributed by atoms with Gasteiger partial charge in [0.25, 0.3) is 0 Å². The summed E-state index contributed by atoms with van der Waals surface area (Å²) in [7, 11) is 0. The predicted octanol–water partition coefficient (Wildman–Crippen LogP) is 4.16. The molecule has 2 rings (SSSR count). The second kappa shape index (κ2) is 5.74. The van der Waals surface area contributed by atoms with Crippen molar-refractivity contribution in [3.05, 3.63) is 36.0 Å². The summed E-state index contributed by atoms with van der Waals surface area (Å²) in [6.45, 7) is 3.51. The van der Waals surface area contributed by atoms with Crippen LogP contribution in [0.2, 0.25) is 0 Å². The lowest BCUT2D eigenvalue weighted by molar-refractivity contribution is -0.0328. The van der Waals surface area contributed by atoms with Crippen molar-refractivity contribution in [2.24, 2.45) is 0 Å². The first-order valence-electron chi connectivity index (χ1n) is 5.76. The number of nitrogens with one attached hydrogen (secondary N) is 1. The Morgan fingerprint density at radius 1 is 1.20 bits per heavy atom. The third kappa shape index (κ3) is 4.16. The first kappa shape index (κ1) is 14.7. The molecule has 20 heavy (non-hydrogen) atoms. The lowest BCUT2D eigenvalue weighted by atomic mass is 10.2. The van der Waals surface area contributed by atoms with Crippen molar-refractivity contribution in [2.45, 2.75) is 30.3 Å². The highest BCUT2D eigenvalue weighted by Gasteiger charge is 2.29. The largest absolute Gasteiger partial charge is 0.446 e. The van der Waals surface area contributed by atoms with Crippen molar-refractivity contribution in [3.8, 4) is 0 Å². The Morgan fingerprint density at radius 2 is 1.85 bits per heavy atom. The summed E-state index contributed by atoms with van der Waals surface area (Å²) in [6.07, 6.45) is 0. The Balaban J connectivity index is 2.00. The number of aryl methyl sites for hydroxylation is 1. The maximum absolute atomic E-state index is 12.2. The van der Waals surface area contributed by atoms with Gasteiger partial charge >= 0.3 is 5.51 Å². The van der Waals surface area contributed by atoms with Gasteiger partial charge in [0.1, 0.15) is 6.04 Å². The summed E-state index contributed by atoms with van der Waals surface area (Å²) in [5.74, 6) is 0.891. The van der Waals surface area contributed by atoms with E-state index >= 15 is 0 Å². The minimum atomic E-state index is -4.27. The number of halogens is 3. The molecule has 1 aromatic heterocycles. The van der Waals surface area contributed by atoms with Gasteiger partial charge in [0.05, 0.1) is 0 Å². The van der Waals surface area contributed by atoms with Crippen LogP contribution in [0, 0.1) is 6.92 Å². The standard InChI is InChI=1S/C12H12F3N3OS/c1-7(11-18-17-8(2)19-11)16-9-3-5-10(6-4-9)20-12(13,14)15/h3-7,16H,1-2H3/t7-/m1/s1. The fourth-order valence-electron chi connectivity index (χ4n) is 1.55. The van der Waals surface area contributed by atoms with Gasteiger partial charge in [-0.25, -0.2) is 0 Å². The van der Waals surface area contributed by atoms with E-state index in [1.165, 1.54) is 12.1 Å². The number of rotatable bonds is 4. The quantitative estimate of drug-likeness (QED) is 0.859. The van der Waals surface area contributed by atoms with Crippen LogP contribution in [0.4, 0.5) is 18.9 Å². The summed E-state index contributed by atoms with van der Waals surface area (Å²) in [4.78, 5) is 0.143. The monoisotopic (exact) mass is 303 g/mol. The minimum Gasteiger partial charge on any atom is -0.423 e. The van der Waals surface area contributed by atoms with Crippen molar-refractivity contribution in [3.63, 3.8) is 0 Å². The van der Waals surface area contributed by atoms with Gasteiger partial charge in [0.2, 0.25) is 11.8 Å². The Kier molecular flexibility index (Phi) is 4.22. The summed E-state index contributed by atoms with van der Waals surface area (Å²) in [5, 5.41) is 10.7. The molecule has 1 atom stereocenters. The molecule has 0 amide bonds. The van der Waals surface area contributed by atoms with Crippen LogP contribution in [0.3, 0.4) is 0 Å². The van der Waals surface area contributed by atoms with Crippen molar-refractivity contribution >= 4 is 17.4 Å². The maximum Gasteiger partial charge on any atom is 0.446 e. The highest BCUT2D eigenvalue weighted by molar-refractivity contribution is 8.00. The number of thioether (sulfide) groups is 1. The average Bonchev–Trinajstić information content (AvgIpc) is 2.77. The molecule has 0 saturated heterocycles. The number of benzene rings is 1. The molecule has 2 aromatic rings. The number of hydrogen-bond donors (Lipinski definition) is 1. The molecule has 1 heterocycles. The van der Waals surface area contributed by atoms with E-state index in [0.29, 0.717) is 17.5 Å². The molecular weight excluding hydrogens is 291 g/mol. The Hall–Kier alpha value is -1.70. The van der Waals surface area contributed by atoms with E-state index in [1.54, 1.807) is 19.1 Å². The number of anilines is 1. The maximum atomic E-state index is 12.2. The van der Waals surface area contributed by atoms with Crippen LogP contribution in [0.1, 0.15) is 24.7 Å². The second-order valence-electron chi connectivity index (χ2n) is 4.10. The molecule has 108 valence electrons. The molecule has 0 fully saturated rings. The smallest absolute Gasteiger partial charge is 0.423 e. The van der Waals surface area contributed by atoms with E-state index in [4.69, 9.17) is 4.42 Å². The van der Waals surface area contributed by atoms with Crippen molar-refractivity contribution in [1.82, 2.24) is 10.2 Å². The summed E-state index contributed by atoms with van der Waals surface area (Å²) < 4.78 is 41.9. The Morgan fingerprint density at radius 3 is 2.35 bits per heavy atom. The second-order valence-corrected chi connectivity index (χ2v) is 5.24. The lowest BCUT2D eigenvalue weighted by Crippen LogP contribution is -2.07. The fourth-order valence-corrected chi connectivity index (χ4v) is 2.09. The van der Waals surface area contributed by atoms with E-state index in [-0.39, 0.29) is 22.7 Å². The van der Waals surface area contributed by atoms with Gasteiger partial charge in [-0.2, -0.15) is 13.2 Å². The average molecular weight is 303 g/mol. The van der Waals surface area contributed by atoms with Crippen LogP contribution < -0.4 is 5.32 Å². The third-order valence-electron chi connectivity index (χ3n) is 2.38. The summed E-state index contributed by atoms with van der Waals surface area (Å²) >= 11 is -0.141. The molecule has 8 heteroatoms. The predicted molar refractivity (Wildman–Crippen MR) is 69.4 cm³/mol. The summed E-state index contributed by atoms with van der Waals surface area (Å²) in [6, 6.07) is 5.75. The van der Waals surface area contributed by atoms with Crippen LogP contribution in [0.15, 0.2) is 33.6 Å². The van der Waals surface area contributed by atoms with E-state index in [0.717, 1.165) is 0 Å². The van der Waals surface area contributed by atoms with Gasteiger partial charge in [-0.3, -0.25) is 0 Å². The van der Waals surface area contributed by atoms with Crippen molar-refractivity contribution in [1.29, 1.82) is 0 Å². The van der Waals surface area contributed by atoms with Crippen molar-refractivity contribution in [2.75, 3.05) is 5.32 Å². The minimum absolute atomic E-state index is 0.141. The Bertz CT molecular complexity index is 568. The number of nitrogens with zero attached hydrogens (tertiary/aromatic N) is 2. The first-order valence-corrected chi connectivity index (χ1v) is 6.57. The molecular formula is C12H12F3N3OS. The molecule has 0 saturated carbocycles. The lowest BCUT2D eigenvalue weighted by Gasteiger charge is -2.12. The normalized spacial score (nSPS) is 13.2. The van der Waals surface area contributed by atoms with Crippen LogP contribution in [0.5, 0.6) is 0 Å². The van der Waals surface area contributed by atoms with Crippen LogP contribution >= 0.6 is 11.8 Å². The highest BCUT2D eigenvalue weighted by atomic mass is 32.2. The zero-order valence-electron chi connectivity index (χ0n) is 10.7. The van der Waals surface area contributed by atoms with Gasteiger partial charge in [0.15, 0.2) is 0 Å². The zero-order chi connectivity index (χ0) is 14.8. The molecule has 1 N–H and O–H groups in total. The third-order valence-corrected chi connectivity index (χ3v) is 3.12. The molecule has 4 nitrogen and oxygen atoms in total. The number of hydrogen-bond acceptors (Lipinski definition) is 5. The van der Waals surface area contributed by atoms with E-state index < -0.39 is 5.51 Å². The molecule has 1 aromatic carbocycles. The molecule has 0 aliphatic heterocycles. The summed E-state index contributed by atoms with van der Waals surface area (Å²) in [5.41, 5.74) is -3.59. The van der Waals surface area contributed by atoms with Crippen LogP contribution in [-0.4, -0.2) is 15.7 Å². The van der Waals surface area contributed by atoms with Crippen LogP contribution in [-0.2, 0) is 0 Å². The molecule has 0 bridgehead atoms. The van der Waals surface area contributed by atoms with E-state index in [2.05, 4.69) is 15.5 Å². The Labute approximate surface area is 117 Å². The molecule has 0 radical (unpaired) electrons. The van der Waals surface area contributed by atoms with Gasteiger partial charge < -0.3 is 9.73 Å². The number of aromatic nitrogens is 2. The zero-order valence-corrected chi connectivity index (χ0v) is 11.5. The SMILES string of the molecule is Cc1nnc([C@@H](C)Nc2ccc(SC(F)(F)F)cc2)o1. The molecule has 0 unspecified atom stereocenters. The molecule has 0 aliphatic rings. The van der Waals surface area contributed by atoms with Crippen LogP contribution in [0.25, 0.3) is 0 Å². The van der Waals surface area contributed by atoms with Crippen molar-refractivity contribution < 1.29 is 17.6 Å². The van der Waals surface area contributed by atoms with E-state index in [9.17, 15) is 13.2 Å². The van der Waals surface area contributed by atoms with Gasteiger partial charge in [0, 0.05) is 17.5 Å². The molecule has 0 spiro atoms. The van der Waals surface area contributed by atoms with Gasteiger partial charge in [-0.1, -0.05) is 0 Å². The topological polar surface area (TPSA) is 51.0 Å². The fraction of sp³-hybridized carbons (Fsp3) is 0.333.